The first-order valence-electron chi connectivity index (χ1n) is 7.88. The number of fused-ring (bicyclic) bond motifs is 1. The third-order valence-corrected chi connectivity index (χ3v) is 5.34. The van der Waals surface area contributed by atoms with Crippen LogP contribution in [0.1, 0.15) is 24.0 Å². The van der Waals surface area contributed by atoms with Gasteiger partial charge in [0.15, 0.2) is 5.16 Å². The molecule has 3 heterocycles. The lowest BCUT2D eigenvalue weighted by molar-refractivity contribution is 0.641. The van der Waals surface area contributed by atoms with Crippen LogP contribution in [0, 0.1) is 0 Å². The summed E-state index contributed by atoms with van der Waals surface area (Å²) < 4.78 is 1.85. The molecule has 0 N–H and O–H groups in total. The van der Waals surface area contributed by atoms with Gasteiger partial charge in [-0.15, -0.1) is 0 Å². The number of hydrogen-bond acceptors (Lipinski definition) is 4. The van der Waals surface area contributed by atoms with Crippen LogP contribution < -0.4 is 10.5 Å². The SMILES string of the molecule is O=c1c(Cc2ccccc2)c(N2CCCC2)nc2n1CCS2. The first kappa shape index (κ1) is 13.9. The monoisotopic (exact) mass is 313 g/mol. The molecule has 0 unspecified atom stereocenters. The molecular weight excluding hydrogens is 294 g/mol. The van der Waals surface area contributed by atoms with E-state index in [1.54, 1.807) is 11.8 Å². The lowest BCUT2D eigenvalue weighted by Gasteiger charge is -2.21. The van der Waals surface area contributed by atoms with Crippen LogP contribution in [-0.2, 0) is 13.0 Å². The van der Waals surface area contributed by atoms with E-state index >= 15 is 0 Å². The van der Waals surface area contributed by atoms with Gasteiger partial charge in [0.1, 0.15) is 5.82 Å². The van der Waals surface area contributed by atoms with E-state index in [1.807, 2.05) is 22.8 Å². The van der Waals surface area contributed by atoms with Gasteiger partial charge in [-0.3, -0.25) is 9.36 Å². The lowest BCUT2D eigenvalue weighted by atomic mass is 10.1. The van der Waals surface area contributed by atoms with Crippen LogP contribution in [0.3, 0.4) is 0 Å². The molecule has 4 nitrogen and oxygen atoms in total. The molecule has 1 fully saturated rings. The van der Waals surface area contributed by atoms with Crippen molar-refractivity contribution in [3.63, 3.8) is 0 Å². The molecule has 2 aliphatic heterocycles. The van der Waals surface area contributed by atoms with Gasteiger partial charge in [0.05, 0.1) is 5.56 Å². The van der Waals surface area contributed by atoms with Crippen molar-refractivity contribution in [1.29, 1.82) is 0 Å². The maximum atomic E-state index is 12.9. The van der Waals surface area contributed by atoms with E-state index in [-0.39, 0.29) is 5.56 Å². The summed E-state index contributed by atoms with van der Waals surface area (Å²) in [5.41, 5.74) is 2.19. The van der Waals surface area contributed by atoms with Crippen LogP contribution in [0.25, 0.3) is 0 Å². The highest BCUT2D eigenvalue weighted by atomic mass is 32.2. The predicted molar refractivity (Wildman–Crippen MR) is 89.9 cm³/mol. The van der Waals surface area contributed by atoms with Crippen LogP contribution >= 0.6 is 11.8 Å². The Hall–Kier alpha value is -1.75. The second-order valence-corrected chi connectivity index (χ2v) is 6.92. The van der Waals surface area contributed by atoms with Crippen molar-refractivity contribution in [2.75, 3.05) is 23.7 Å². The highest BCUT2D eigenvalue weighted by Gasteiger charge is 2.25. The van der Waals surface area contributed by atoms with Gasteiger partial charge >= 0.3 is 0 Å². The molecule has 0 radical (unpaired) electrons. The van der Waals surface area contributed by atoms with Crippen LogP contribution in [-0.4, -0.2) is 28.4 Å². The Morgan fingerprint density at radius 1 is 1.09 bits per heavy atom. The van der Waals surface area contributed by atoms with Gasteiger partial charge in [-0.1, -0.05) is 42.1 Å². The average Bonchev–Trinajstić information content (AvgIpc) is 3.22. The zero-order valence-electron chi connectivity index (χ0n) is 12.5. The average molecular weight is 313 g/mol. The van der Waals surface area contributed by atoms with E-state index in [4.69, 9.17) is 4.98 Å². The van der Waals surface area contributed by atoms with Gasteiger partial charge in [-0.25, -0.2) is 4.98 Å². The van der Waals surface area contributed by atoms with Gasteiger partial charge in [-0.2, -0.15) is 0 Å². The molecule has 2 aliphatic rings. The van der Waals surface area contributed by atoms with Gasteiger partial charge in [-0.05, 0) is 18.4 Å². The smallest absolute Gasteiger partial charge is 0.259 e. The number of hydrogen-bond donors (Lipinski definition) is 0. The van der Waals surface area contributed by atoms with Crippen molar-refractivity contribution in [1.82, 2.24) is 9.55 Å². The van der Waals surface area contributed by atoms with Crippen molar-refractivity contribution in [3.05, 3.63) is 51.8 Å². The Kier molecular flexibility index (Phi) is 3.66. The van der Waals surface area contributed by atoms with Gasteiger partial charge in [0, 0.05) is 31.8 Å². The van der Waals surface area contributed by atoms with Crippen molar-refractivity contribution in [2.24, 2.45) is 0 Å². The van der Waals surface area contributed by atoms with E-state index in [0.717, 1.165) is 41.9 Å². The number of rotatable bonds is 3. The molecule has 114 valence electrons. The van der Waals surface area contributed by atoms with E-state index in [1.165, 1.54) is 18.4 Å². The standard InChI is InChI=1S/C17H19N3OS/c21-16-14(12-13-6-2-1-3-7-13)15(19-8-4-5-9-19)18-17-20(16)10-11-22-17/h1-3,6-7H,4-5,8-12H2. The molecule has 5 heteroatoms. The first-order chi connectivity index (χ1) is 10.8. The normalized spacial score (nSPS) is 17.0. The molecule has 1 aromatic heterocycles. The maximum Gasteiger partial charge on any atom is 0.259 e. The molecule has 22 heavy (non-hydrogen) atoms. The van der Waals surface area contributed by atoms with Crippen molar-refractivity contribution in [3.8, 4) is 0 Å². The van der Waals surface area contributed by atoms with Crippen LogP contribution in [0.4, 0.5) is 5.82 Å². The maximum absolute atomic E-state index is 12.9. The number of thioether (sulfide) groups is 1. The Labute approximate surface area is 134 Å². The third kappa shape index (κ3) is 2.43. The molecule has 0 atom stereocenters. The summed E-state index contributed by atoms with van der Waals surface area (Å²) in [6.45, 7) is 2.82. The van der Waals surface area contributed by atoms with Crippen molar-refractivity contribution in [2.45, 2.75) is 31.0 Å². The summed E-state index contributed by atoms with van der Waals surface area (Å²) in [6.07, 6.45) is 3.06. The fourth-order valence-electron chi connectivity index (χ4n) is 3.24. The zero-order valence-corrected chi connectivity index (χ0v) is 13.3. The van der Waals surface area contributed by atoms with E-state index in [2.05, 4.69) is 17.0 Å². The lowest BCUT2D eigenvalue weighted by Crippen LogP contribution is -2.30. The van der Waals surface area contributed by atoms with Crippen LogP contribution in [0.2, 0.25) is 0 Å². The second kappa shape index (κ2) is 5.80. The summed E-state index contributed by atoms with van der Waals surface area (Å²) in [6, 6.07) is 10.2. The second-order valence-electron chi connectivity index (χ2n) is 5.86. The number of aromatic nitrogens is 2. The highest BCUT2D eigenvalue weighted by molar-refractivity contribution is 7.99. The van der Waals surface area contributed by atoms with Gasteiger partial charge < -0.3 is 4.90 Å². The summed E-state index contributed by atoms with van der Waals surface area (Å²) in [5.74, 6) is 1.88. The number of benzene rings is 1. The Bertz CT molecular complexity index is 736. The van der Waals surface area contributed by atoms with E-state index in [0.29, 0.717) is 6.42 Å². The molecule has 1 saturated heterocycles. The minimum Gasteiger partial charge on any atom is -0.356 e. The fraction of sp³-hybridized carbons (Fsp3) is 0.412. The summed E-state index contributed by atoms with van der Waals surface area (Å²) >= 11 is 1.70. The minimum atomic E-state index is 0.153. The minimum absolute atomic E-state index is 0.153. The molecule has 0 bridgehead atoms. The highest BCUT2D eigenvalue weighted by Crippen LogP contribution is 2.28. The summed E-state index contributed by atoms with van der Waals surface area (Å²) in [7, 11) is 0. The fourth-order valence-corrected chi connectivity index (χ4v) is 4.18. The van der Waals surface area contributed by atoms with Crippen molar-refractivity contribution < 1.29 is 0 Å². The molecular formula is C17H19N3OS. The molecule has 0 spiro atoms. The third-order valence-electron chi connectivity index (χ3n) is 4.38. The van der Waals surface area contributed by atoms with Crippen LogP contribution in [0.5, 0.6) is 0 Å². The van der Waals surface area contributed by atoms with Gasteiger partial charge in [0.2, 0.25) is 0 Å². The summed E-state index contributed by atoms with van der Waals surface area (Å²) in [5, 5.41) is 0.892. The largest absolute Gasteiger partial charge is 0.356 e. The Morgan fingerprint density at radius 3 is 2.64 bits per heavy atom. The quantitative estimate of drug-likeness (QED) is 0.816. The molecule has 0 aliphatic carbocycles. The Morgan fingerprint density at radius 2 is 1.86 bits per heavy atom. The summed E-state index contributed by atoms with van der Waals surface area (Å²) in [4.78, 5) is 20.1. The molecule has 2 aromatic rings. The molecule has 0 amide bonds. The molecule has 4 rings (SSSR count). The topological polar surface area (TPSA) is 38.1 Å². The van der Waals surface area contributed by atoms with Gasteiger partial charge in [0.25, 0.3) is 5.56 Å². The van der Waals surface area contributed by atoms with E-state index < -0.39 is 0 Å². The van der Waals surface area contributed by atoms with Crippen molar-refractivity contribution >= 4 is 17.6 Å². The van der Waals surface area contributed by atoms with Crippen LogP contribution in [0.15, 0.2) is 40.3 Å². The molecule has 0 saturated carbocycles. The number of nitrogens with zero attached hydrogens (tertiary/aromatic N) is 3. The predicted octanol–water partition coefficient (Wildman–Crippen LogP) is 2.54. The first-order valence-corrected chi connectivity index (χ1v) is 8.87. The zero-order chi connectivity index (χ0) is 14.9. The Balaban J connectivity index is 1.82. The molecule has 1 aromatic carbocycles. The van der Waals surface area contributed by atoms with E-state index in [9.17, 15) is 4.79 Å². The number of anilines is 1.